The molecule has 8 heteroatoms. The largest absolute Gasteiger partial charge is 0.264 e. The third-order valence-electron chi connectivity index (χ3n) is 5.35. The molecule has 6 nitrogen and oxygen atoms in total. The summed E-state index contributed by atoms with van der Waals surface area (Å²) in [6.45, 7) is 0. The molecule has 22 heavy (non-hydrogen) atoms. The number of rotatable bonds is 4. The smallest absolute Gasteiger partial charge is 0.264 e. The van der Waals surface area contributed by atoms with Gasteiger partial charge in [0.2, 0.25) is 0 Å². The molecule has 0 aromatic heterocycles. The van der Waals surface area contributed by atoms with E-state index in [1.807, 2.05) is 0 Å². The molecule has 2 saturated carbocycles. The fraction of sp³-hybridized carbons (Fsp3) is 0.857. The first-order valence-electron chi connectivity index (χ1n) is 7.51. The van der Waals surface area contributed by atoms with Gasteiger partial charge in [0.25, 0.3) is 20.2 Å². The Labute approximate surface area is 132 Å². The Morgan fingerprint density at radius 3 is 1.45 bits per heavy atom. The minimum atomic E-state index is -3.67. The van der Waals surface area contributed by atoms with Gasteiger partial charge in [0.1, 0.15) is 12.2 Å². The Morgan fingerprint density at radius 1 is 0.818 bits per heavy atom. The van der Waals surface area contributed by atoms with E-state index in [2.05, 4.69) is 12.2 Å². The Kier molecular flexibility index (Phi) is 3.75. The van der Waals surface area contributed by atoms with Crippen LogP contribution in [0.2, 0.25) is 0 Å². The predicted octanol–water partition coefficient (Wildman–Crippen LogP) is 1.59. The van der Waals surface area contributed by atoms with Gasteiger partial charge in [-0.05, 0) is 25.7 Å². The van der Waals surface area contributed by atoms with Gasteiger partial charge in [-0.1, -0.05) is 25.0 Å². The van der Waals surface area contributed by atoms with Gasteiger partial charge in [0, 0.05) is 10.8 Å². The van der Waals surface area contributed by atoms with E-state index in [4.69, 9.17) is 8.37 Å². The molecular weight excluding hydrogens is 328 g/mol. The van der Waals surface area contributed by atoms with Crippen LogP contribution >= 0.6 is 0 Å². The van der Waals surface area contributed by atoms with Crippen molar-refractivity contribution in [3.05, 3.63) is 12.2 Å². The summed E-state index contributed by atoms with van der Waals surface area (Å²) in [5.74, 6) is 0. The first-order valence-corrected chi connectivity index (χ1v) is 11.1. The van der Waals surface area contributed by atoms with Crippen LogP contribution in [0.4, 0.5) is 0 Å². The van der Waals surface area contributed by atoms with Crippen molar-refractivity contribution in [1.29, 1.82) is 0 Å². The zero-order valence-electron chi connectivity index (χ0n) is 12.8. The molecule has 0 aliphatic heterocycles. The molecule has 0 saturated heterocycles. The minimum absolute atomic E-state index is 0.0576. The fourth-order valence-electron chi connectivity index (χ4n) is 4.47. The van der Waals surface area contributed by atoms with Gasteiger partial charge in [0.05, 0.1) is 12.5 Å². The van der Waals surface area contributed by atoms with Crippen molar-refractivity contribution in [2.24, 2.45) is 10.8 Å². The Bertz CT molecular complexity index is 635. The van der Waals surface area contributed by atoms with Crippen LogP contribution < -0.4 is 0 Å². The number of hydrogen-bond acceptors (Lipinski definition) is 6. The average Bonchev–Trinajstić information content (AvgIpc) is 2.31. The molecule has 0 amide bonds. The highest BCUT2D eigenvalue weighted by Gasteiger charge is 2.61. The molecule has 3 aliphatic rings. The maximum absolute atomic E-state index is 11.5. The molecule has 4 atom stereocenters. The third kappa shape index (κ3) is 2.86. The van der Waals surface area contributed by atoms with E-state index >= 15 is 0 Å². The fourth-order valence-corrected chi connectivity index (χ4v) is 5.75. The normalized spacial score (nSPS) is 41.4. The van der Waals surface area contributed by atoms with Crippen LogP contribution in [0.3, 0.4) is 0 Å². The third-order valence-corrected chi connectivity index (χ3v) is 6.54. The van der Waals surface area contributed by atoms with E-state index < -0.39 is 32.4 Å². The summed E-state index contributed by atoms with van der Waals surface area (Å²) in [5, 5.41) is 0. The molecular formula is C14H22O6S2. The average molecular weight is 350 g/mol. The predicted molar refractivity (Wildman–Crippen MR) is 81.1 cm³/mol. The van der Waals surface area contributed by atoms with Crippen molar-refractivity contribution >= 4 is 20.2 Å². The monoisotopic (exact) mass is 350 g/mol. The van der Waals surface area contributed by atoms with Crippen LogP contribution in [-0.4, -0.2) is 41.6 Å². The van der Waals surface area contributed by atoms with Crippen LogP contribution in [0.1, 0.15) is 38.5 Å². The lowest BCUT2D eigenvalue weighted by Crippen LogP contribution is -2.59. The molecule has 3 aliphatic carbocycles. The van der Waals surface area contributed by atoms with Gasteiger partial charge in [-0.3, -0.25) is 8.37 Å². The molecule has 2 fully saturated rings. The standard InChI is InChI=1S/C14H22O6S2/c1-21(15,16)19-11-9-13-5-3-4-6-14(13,8-7-13)10-12(11)20-22(2,17)18/h7-8,11-12H,3-6,9-10H2,1-2H3/t11-,12+,13-,14+. The van der Waals surface area contributed by atoms with Gasteiger partial charge in [0.15, 0.2) is 0 Å². The molecule has 126 valence electrons. The highest BCUT2D eigenvalue weighted by Crippen LogP contribution is 2.66. The van der Waals surface area contributed by atoms with E-state index in [-0.39, 0.29) is 10.8 Å². The minimum Gasteiger partial charge on any atom is -0.264 e. The molecule has 0 heterocycles. The van der Waals surface area contributed by atoms with E-state index in [1.54, 1.807) is 0 Å². The molecule has 0 aromatic carbocycles. The topological polar surface area (TPSA) is 86.7 Å². The molecule has 0 bridgehead atoms. The van der Waals surface area contributed by atoms with Gasteiger partial charge in [-0.25, -0.2) is 0 Å². The molecule has 0 N–H and O–H groups in total. The molecule has 0 spiro atoms. The summed E-state index contributed by atoms with van der Waals surface area (Å²) in [5.41, 5.74) is -0.115. The molecule has 0 radical (unpaired) electrons. The first-order chi connectivity index (χ1) is 10.0. The zero-order valence-corrected chi connectivity index (χ0v) is 14.5. The highest BCUT2D eigenvalue weighted by atomic mass is 32.2. The maximum atomic E-state index is 11.5. The number of allylic oxidation sites excluding steroid dienone is 2. The van der Waals surface area contributed by atoms with Crippen molar-refractivity contribution < 1.29 is 25.2 Å². The zero-order chi connectivity index (χ0) is 16.2. The summed E-state index contributed by atoms with van der Waals surface area (Å²) < 4.78 is 56.5. The van der Waals surface area contributed by atoms with Crippen molar-refractivity contribution in [1.82, 2.24) is 0 Å². The van der Waals surface area contributed by atoms with Gasteiger partial charge in [-0.2, -0.15) is 16.8 Å². The second-order valence-electron chi connectivity index (χ2n) is 6.94. The number of hydrogen-bond donors (Lipinski definition) is 0. The van der Waals surface area contributed by atoms with Crippen LogP contribution in [0, 0.1) is 10.8 Å². The highest BCUT2D eigenvalue weighted by molar-refractivity contribution is 7.86. The summed E-state index contributed by atoms with van der Waals surface area (Å²) in [7, 11) is -7.34. The quantitative estimate of drug-likeness (QED) is 0.565. The summed E-state index contributed by atoms with van der Waals surface area (Å²) in [4.78, 5) is 0. The van der Waals surface area contributed by atoms with Crippen molar-refractivity contribution in [3.63, 3.8) is 0 Å². The van der Waals surface area contributed by atoms with Crippen molar-refractivity contribution in [3.8, 4) is 0 Å². The SMILES string of the molecule is CS(=O)(=O)O[C@H]1C[C@]23C=C[C@]2(CCCC3)C[C@H]1OS(C)(=O)=O. The Balaban J connectivity index is 1.91. The second kappa shape index (κ2) is 5.03. The van der Waals surface area contributed by atoms with Gasteiger partial charge in [-0.15, -0.1) is 0 Å². The van der Waals surface area contributed by atoms with Crippen LogP contribution in [0.15, 0.2) is 12.2 Å². The van der Waals surface area contributed by atoms with Crippen molar-refractivity contribution in [2.75, 3.05) is 12.5 Å². The maximum Gasteiger partial charge on any atom is 0.264 e. The lowest BCUT2D eigenvalue weighted by Gasteiger charge is -2.62. The molecule has 0 aromatic rings. The molecule has 0 unspecified atom stereocenters. The first kappa shape index (κ1) is 16.4. The summed E-state index contributed by atoms with van der Waals surface area (Å²) >= 11 is 0. The Morgan fingerprint density at radius 2 is 1.18 bits per heavy atom. The van der Waals surface area contributed by atoms with E-state index in [1.165, 1.54) is 0 Å². The van der Waals surface area contributed by atoms with Gasteiger partial charge < -0.3 is 0 Å². The van der Waals surface area contributed by atoms with Crippen LogP contribution in [0.25, 0.3) is 0 Å². The molecule has 3 rings (SSSR count). The lowest BCUT2D eigenvalue weighted by molar-refractivity contribution is -0.104. The van der Waals surface area contributed by atoms with Gasteiger partial charge >= 0.3 is 0 Å². The second-order valence-corrected chi connectivity index (χ2v) is 10.1. The lowest BCUT2D eigenvalue weighted by atomic mass is 9.43. The van der Waals surface area contributed by atoms with E-state index in [0.29, 0.717) is 12.8 Å². The summed E-state index contributed by atoms with van der Waals surface area (Å²) in [6, 6.07) is 0. The van der Waals surface area contributed by atoms with E-state index in [0.717, 1.165) is 38.2 Å². The van der Waals surface area contributed by atoms with Crippen LogP contribution in [0.5, 0.6) is 0 Å². The van der Waals surface area contributed by atoms with Crippen molar-refractivity contribution in [2.45, 2.75) is 50.7 Å². The van der Waals surface area contributed by atoms with E-state index in [9.17, 15) is 16.8 Å². The Hall–Kier alpha value is -0.440. The van der Waals surface area contributed by atoms with Crippen LogP contribution in [-0.2, 0) is 28.6 Å². The summed E-state index contributed by atoms with van der Waals surface area (Å²) in [6.07, 6.45) is 9.99.